The van der Waals surface area contributed by atoms with E-state index < -0.39 is 0 Å². The second-order valence-electron chi connectivity index (χ2n) is 4.16. The van der Waals surface area contributed by atoms with Crippen molar-refractivity contribution in [3.05, 3.63) is 65.2 Å². The summed E-state index contributed by atoms with van der Waals surface area (Å²) < 4.78 is 5.12. The molecule has 4 heteroatoms. The molecule has 0 atom stereocenters. The zero-order chi connectivity index (χ0) is 13.7. The van der Waals surface area contributed by atoms with Crippen molar-refractivity contribution in [2.75, 3.05) is 7.11 Å². The van der Waals surface area contributed by atoms with Crippen LogP contribution in [0.4, 0.5) is 0 Å². The summed E-state index contributed by atoms with van der Waals surface area (Å²) in [4.78, 5) is 11.7. The average Bonchev–Trinajstić information content (AvgIpc) is 2.48. The first-order chi connectivity index (χ1) is 9.24. The SMILES string of the molecule is COc1ccc(Cc2ccccc2C(=O)NN)cc1. The van der Waals surface area contributed by atoms with E-state index in [2.05, 4.69) is 5.43 Å². The number of nitrogens with two attached hydrogens (primary N) is 1. The molecule has 0 unspecified atom stereocenters. The summed E-state index contributed by atoms with van der Waals surface area (Å²) in [5, 5.41) is 0. The number of ether oxygens (including phenoxy) is 1. The Morgan fingerprint density at radius 1 is 1.16 bits per heavy atom. The van der Waals surface area contributed by atoms with Gasteiger partial charge >= 0.3 is 0 Å². The van der Waals surface area contributed by atoms with Gasteiger partial charge in [0.15, 0.2) is 0 Å². The molecule has 19 heavy (non-hydrogen) atoms. The fourth-order valence-corrected chi connectivity index (χ4v) is 1.94. The molecule has 0 saturated heterocycles. The van der Waals surface area contributed by atoms with Gasteiger partial charge in [-0.25, -0.2) is 5.84 Å². The van der Waals surface area contributed by atoms with Crippen LogP contribution < -0.4 is 16.0 Å². The molecule has 0 aliphatic rings. The second-order valence-corrected chi connectivity index (χ2v) is 4.16. The summed E-state index contributed by atoms with van der Waals surface area (Å²) in [6.45, 7) is 0. The fourth-order valence-electron chi connectivity index (χ4n) is 1.94. The highest BCUT2D eigenvalue weighted by molar-refractivity contribution is 5.95. The van der Waals surface area contributed by atoms with Gasteiger partial charge in [0.2, 0.25) is 0 Å². The molecule has 0 heterocycles. The second kappa shape index (κ2) is 6.02. The highest BCUT2D eigenvalue weighted by Gasteiger charge is 2.09. The number of hydrazine groups is 1. The maximum Gasteiger partial charge on any atom is 0.265 e. The first-order valence-corrected chi connectivity index (χ1v) is 5.96. The lowest BCUT2D eigenvalue weighted by Gasteiger charge is -2.08. The zero-order valence-corrected chi connectivity index (χ0v) is 10.7. The van der Waals surface area contributed by atoms with Crippen LogP contribution in [0.15, 0.2) is 48.5 Å². The number of benzene rings is 2. The Kier molecular flexibility index (Phi) is 4.15. The third kappa shape index (κ3) is 3.11. The van der Waals surface area contributed by atoms with E-state index in [4.69, 9.17) is 10.6 Å². The molecule has 0 aliphatic heterocycles. The van der Waals surface area contributed by atoms with E-state index in [1.54, 1.807) is 13.2 Å². The molecule has 2 aromatic carbocycles. The Hall–Kier alpha value is -2.33. The predicted octanol–water partition coefficient (Wildman–Crippen LogP) is 1.89. The number of rotatable bonds is 4. The van der Waals surface area contributed by atoms with Crippen LogP contribution in [0, 0.1) is 0 Å². The molecule has 0 radical (unpaired) electrons. The van der Waals surface area contributed by atoms with Crippen molar-refractivity contribution in [1.29, 1.82) is 0 Å². The van der Waals surface area contributed by atoms with E-state index in [0.717, 1.165) is 16.9 Å². The topological polar surface area (TPSA) is 64.3 Å². The van der Waals surface area contributed by atoms with Gasteiger partial charge in [-0.2, -0.15) is 0 Å². The molecule has 0 bridgehead atoms. The van der Waals surface area contributed by atoms with Gasteiger partial charge < -0.3 is 4.74 Å². The number of carbonyl (C=O) groups is 1. The number of hydrogen-bond donors (Lipinski definition) is 2. The quantitative estimate of drug-likeness (QED) is 0.499. The van der Waals surface area contributed by atoms with Crippen LogP contribution in [0.2, 0.25) is 0 Å². The summed E-state index contributed by atoms with van der Waals surface area (Å²) >= 11 is 0. The van der Waals surface area contributed by atoms with Crippen LogP contribution in [0.1, 0.15) is 21.5 Å². The summed E-state index contributed by atoms with van der Waals surface area (Å²) in [7, 11) is 1.63. The van der Waals surface area contributed by atoms with E-state index >= 15 is 0 Å². The molecule has 1 amide bonds. The summed E-state index contributed by atoms with van der Waals surface area (Å²) in [6.07, 6.45) is 0.674. The van der Waals surface area contributed by atoms with Gasteiger partial charge in [0.25, 0.3) is 5.91 Å². The van der Waals surface area contributed by atoms with E-state index in [0.29, 0.717) is 12.0 Å². The molecule has 2 aromatic rings. The number of nitrogen functional groups attached to an aromatic ring is 1. The molecule has 0 aromatic heterocycles. The molecule has 2 rings (SSSR count). The molecule has 0 aliphatic carbocycles. The highest BCUT2D eigenvalue weighted by Crippen LogP contribution is 2.17. The van der Waals surface area contributed by atoms with Crippen molar-refractivity contribution >= 4 is 5.91 Å². The Morgan fingerprint density at radius 3 is 2.47 bits per heavy atom. The van der Waals surface area contributed by atoms with Crippen molar-refractivity contribution in [1.82, 2.24) is 5.43 Å². The lowest BCUT2D eigenvalue weighted by atomic mass is 9.99. The Morgan fingerprint density at radius 2 is 1.84 bits per heavy atom. The molecule has 0 fully saturated rings. The maximum atomic E-state index is 11.7. The van der Waals surface area contributed by atoms with E-state index in [1.807, 2.05) is 42.5 Å². The Bertz CT molecular complexity index is 565. The summed E-state index contributed by atoms with van der Waals surface area (Å²) in [6, 6.07) is 15.2. The van der Waals surface area contributed by atoms with Crippen molar-refractivity contribution < 1.29 is 9.53 Å². The molecule has 98 valence electrons. The lowest BCUT2D eigenvalue weighted by Crippen LogP contribution is -2.30. The van der Waals surface area contributed by atoms with Crippen molar-refractivity contribution in [2.45, 2.75) is 6.42 Å². The van der Waals surface area contributed by atoms with Gasteiger partial charge in [0.1, 0.15) is 5.75 Å². The van der Waals surface area contributed by atoms with Gasteiger partial charge in [-0.05, 0) is 35.7 Å². The molecular formula is C15H16N2O2. The van der Waals surface area contributed by atoms with Crippen molar-refractivity contribution in [2.24, 2.45) is 5.84 Å². The highest BCUT2D eigenvalue weighted by atomic mass is 16.5. The number of nitrogens with one attached hydrogen (secondary N) is 1. The fraction of sp³-hybridized carbons (Fsp3) is 0.133. The van der Waals surface area contributed by atoms with Crippen LogP contribution in [-0.2, 0) is 6.42 Å². The van der Waals surface area contributed by atoms with Crippen molar-refractivity contribution in [3.8, 4) is 5.75 Å². The molecule has 4 nitrogen and oxygen atoms in total. The van der Waals surface area contributed by atoms with Gasteiger partial charge in [-0.15, -0.1) is 0 Å². The maximum absolute atomic E-state index is 11.7. The van der Waals surface area contributed by atoms with E-state index in [1.165, 1.54) is 0 Å². The molecule has 3 N–H and O–H groups in total. The Labute approximate surface area is 112 Å². The normalized spacial score (nSPS) is 10.0. The number of amides is 1. The summed E-state index contributed by atoms with van der Waals surface area (Å²) in [5.74, 6) is 5.73. The first kappa shape index (κ1) is 13.1. The van der Waals surface area contributed by atoms with E-state index in [9.17, 15) is 4.79 Å². The number of methoxy groups -OCH3 is 1. The largest absolute Gasteiger partial charge is 0.497 e. The minimum Gasteiger partial charge on any atom is -0.497 e. The Balaban J connectivity index is 2.25. The predicted molar refractivity (Wildman–Crippen MR) is 73.9 cm³/mol. The molecular weight excluding hydrogens is 240 g/mol. The van der Waals surface area contributed by atoms with Crippen LogP contribution in [0.5, 0.6) is 5.75 Å². The monoisotopic (exact) mass is 256 g/mol. The summed E-state index contributed by atoms with van der Waals surface area (Å²) in [5.41, 5.74) is 4.81. The number of carbonyl (C=O) groups excluding carboxylic acids is 1. The van der Waals surface area contributed by atoms with Crippen LogP contribution in [0.25, 0.3) is 0 Å². The smallest absolute Gasteiger partial charge is 0.265 e. The van der Waals surface area contributed by atoms with Crippen LogP contribution >= 0.6 is 0 Å². The number of hydrogen-bond acceptors (Lipinski definition) is 3. The van der Waals surface area contributed by atoms with Crippen molar-refractivity contribution in [3.63, 3.8) is 0 Å². The molecule has 0 saturated carbocycles. The standard InChI is InChI=1S/C15H16N2O2/c1-19-13-8-6-11(7-9-13)10-12-4-2-3-5-14(12)15(18)17-16/h2-9H,10,16H2,1H3,(H,17,18). The van der Waals surface area contributed by atoms with Crippen LogP contribution in [0.3, 0.4) is 0 Å². The van der Waals surface area contributed by atoms with Crippen LogP contribution in [-0.4, -0.2) is 13.0 Å². The average molecular weight is 256 g/mol. The minimum absolute atomic E-state index is 0.274. The van der Waals surface area contributed by atoms with E-state index in [-0.39, 0.29) is 5.91 Å². The minimum atomic E-state index is -0.274. The molecule has 0 spiro atoms. The first-order valence-electron chi connectivity index (χ1n) is 5.96. The zero-order valence-electron chi connectivity index (χ0n) is 10.7. The third-order valence-corrected chi connectivity index (χ3v) is 2.95. The van der Waals surface area contributed by atoms with Gasteiger partial charge in [-0.3, -0.25) is 10.2 Å². The van der Waals surface area contributed by atoms with Gasteiger partial charge in [-0.1, -0.05) is 30.3 Å². The lowest BCUT2D eigenvalue weighted by molar-refractivity contribution is 0.0953. The van der Waals surface area contributed by atoms with Gasteiger partial charge in [0.05, 0.1) is 7.11 Å². The third-order valence-electron chi connectivity index (χ3n) is 2.95. The van der Waals surface area contributed by atoms with Gasteiger partial charge in [0, 0.05) is 5.56 Å².